The van der Waals surface area contributed by atoms with E-state index in [0.29, 0.717) is 35.9 Å². The van der Waals surface area contributed by atoms with Gasteiger partial charge in [-0.2, -0.15) is 0 Å². The molecule has 1 heterocycles. The molecule has 0 aromatic heterocycles. The molecular formula is C14H19N3O2S. The third-order valence-electron chi connectivity index (χ3n) is 3.38. The lowest BCUT2D eigenvalue weighted by Gasteiger charge is -2.34. The van der Waals surface area contributed by atoms with E-state index in [1.54, 1.807) is 19.2 Å². The first-order chi connectivity index (χ1) is 9.61. The van der Waals surface area contributed by atoms with Crippen LogP contribution >= 0.6 is 12.2 Å². The minimum absolute atomic E-state index is 0.0115. The van der Waals surface area contributed by atoms with Crippen LogP contribution in [0.25, 0.3) is 0 Å². The Hall–Kier alpha value is -1.66. The van der Waals surface area contributed by atoms with Crippen molar-refractivity contribution in [3.63, 3.8) is 0 Å². The molecule has 1 aliphatic heterocycles. The van der Waals surface area contributed by atoms with E-state index in [-0.39, 0.29) is 5.91 Å². The highest BCUT2D eigenvalue weighted by atomic mass is 32.1. The summed E-state index contributed by atoms with van der Waals surface area (Å²) in [6.07, 6.45) is 0. The summed E-state index contributed by atoms with van der Waals surface area (Å²) in [4.78, 5) is 17.0. The van der Waals surface area contributed by atoms with Gasteiger partial charge in [-0.1, -0.05) is 24.4 Å². The molecule has 1 fully saturated rings. The Bertz CT molecular complexity index is 499. The lowest BCUT2D eigenvalue weighted by Crippen LogP contribution is -2.50. The predicted molar refractivity (Wildman–Crippen MR) is 82.1 cm³/mol. The van der Waals surface area contributed by atoms with E-state index in [1.807, 2.05) is 17.0 Å². The summed E-state index contributed by atoms with van der Waals surface area (Å²) in [5, 5.41) is 0. The lowest BCUT2D eigenvalue weighted by molar-refractivity contribution is 0.0651. The first-order valence-corrected chi connectivity index (χ1v) is 6.95. The van der Waals surface area contributed by atoms with Gasteiger partial charge in [0.25, 0.3) is 5.91 Å². The van der Waals surface area contributed by atoms with E-state index in [4.69, 9.17) is 22.7 Å². The standard InChI is InChI=1S/C14H19N3O2S/c1-19-12-5-3-2-4-11(12)14(18)17-8-6-16(7-9-17)10-13(15)20/h2-5H,6-10H2,1H3,(H2,15,20). The molecule has 1 aliphatic rings. The number of nitrogens with zero attached hydrogens (tertiary/aromatic N) is 2. The van der Waals surface area contributed by atoms with E-state index in [0.717, 1.165) is 13.1 Å². The van der Waals surface area contributed by atoms with Gasteiger partial charge in [0, 0.05) is 32.7 Å². The summed E-state index contributed by atoms with van der Waals surface area (Å²) in [5.74, 6) is 0.625. The molecule has 0 unspecified atom stereocenters. The maximum absolute atomic E-state index is 12.5. The largest absolute Gasteiger partial charge is 0.496 e. The number of amides is 1. The summed E-state index contributed by atoms with van der Waals surface area (Å²) in [5.41, 5.74) is 6.15. The molecule has 2 rings (SSSR count). The fourth-order valence-electron chi connectivity index (χ4n) is 2.32. The quantitative estimate of drug-likeness (QED) is 0.830. The number of piperazine rings is 1. The highest BCUT2D eigenvalue weighted by Crippen LogP contribution is 2.20. The van der Waals surface area contributed by atoms with E-state index >= 15 is 0 Å². The average Bonchev–Trinajstić information content (AvgIpc) is 2.46. The van der Waals surface area contributed by atoms with Crippen LogP contribution in [0.5, 0.6) is 5.75 Å². The van der Waals surface area contributed by atoms with Crippen LogP contribution < -0.4 is 10.5 Å². The van der Waals surface area contributed by atoms with Crippen molar-refractivity contribution in [2.45, 2.75) is 0 Å². The van der Waals surface area contributed by atoms with Gasteiger partial charge in [-0.15, -0.1) is 0 Å². The third-order valence-corrected chi connectivity index (χ3v) is 3.51. The van der Waals surface area contributed by atoms with Crippen LogP contribution in [0.1, 0.15) is 10.4 Å². The van der Waals surface area contributed by atoms with Crippen molar-refractivity contribution in [2.75, 3.05) is 39.8 Å². The molecular weight excluding hydrogens is 274 g/mol. The Morgan fingerprint density at radius 3 is 2.55 bits per heavy atom. The predicted octanol–water partition coefficient (Wildman–Crippen LogP) is 0.739. The van der Waals surface area contributed by atoms with Crippen LogP contribution in [0.2, 0.25) is 0 Å². The van der Waals surface area contributed by atoms with Crippen molar-refractivity contribution in [2.24, 2.45) is 5.73 Å². The SMILES string of the molecule is COc1ccccc1C(=O)N1CCN(CC(N)=S)CC1. The Morgan fingerprint density at radius 1 is 1.30 bits per heavy atom. The molecule has 0 spiro atoms. The van der Waals surface area contributed by atoms with Crippen molar-refractivity contribution in [3.8, 4) is 5.75 Å². The first-order valence-electron chi connectivity index (χ1n) is 6.54. The van der Waals surface area contributed by atoms with Crippen LogP contribution in [0, 0.1) is 0 Å². The molecule has 5 nitrogen and oxygen atoms in total. The van der Waals surface area contributed by atoms with Crippen LogP contribution in [-0.4, -0.2) is 60.5 Å². The van der Waals surface area contributed by atoms with Gasteiger partial charge in [0.05, 0.1) is 17.7 Å². The summed E-state index contributed by atoms with van der Waals surface area (Å²) < 4.78 is 5.24. The molecule has 1 amide bonds. The molecule has 0 aliphatic carbocycles. The smallest absolute Gasteiger partial charge is 0.257 e. The summed E-state index contributed by atoms with van der Waals surface area (Å²) >= 11 is 4.91. The second-order valence-electron chi connectivity index (χ2n) is 4.73. The Morgan fingerprint density at radius 2 is 1.95 bits per heavy atom. The fraction of sp³-hybridized carbons (Fsp3) is 0.429. The molecule has 20 heavy (non-hydrogen) atoms. The Balaban J connectivity index is 2.00. The molecule has 2 N–H and O–H groups in total. The maximum Gasteiger partial charge on any atom is 0.257 e. The second kappa shape index (κ2) is 6.67. The second-order valence-corrected chi connectivity index (χ2v) is 5.26. The molecule has 1 saturated heterocycles. The van der Waals surface area contributed by atoms with Crippen molar-refractivity contribution < 1.29 is 9.53 Å². The van der Waals surface area contributed by atoms with Gasteiger partial charge in [-0.3, -0.25) is 9.69 Å². The van der Waals surface area contributed by atoms with Gasteiger partial charge in [0.1, 0.15) is 5.75 Å². The van der Waals surface area contributed by atoms with Gasteiger partial charge in [-0.25, -0.2) is 0 Å². The van der Waals surface area contributed by atoms with Crippen molar-refractivity contribution in [3.05, 3.63) is 29.8 Å². The van der Waals surface area contributed by atoms with Crippen LogP contribution in [0.4, 0.5) is 0 Å². The highest BCUT2D eigenvalue weighted by Gasteiger charge is 2.24. The molecule has 6 heteroatoms. The number of methoxy groups -OCH3 is 1. The van der Waals surface area contributed by atoms with Crippen molar-refractivity contribution in [1.82, 2.24) is 9.80 Å². The first kappa shape index (κ1) is 14.7. The number of hydrogen-bond acceptors (Lipinski definition) is 4. The number of carbonyl (C=O) groups excluding carboxylic acids is 1. The summed E-state index contributed by atoms with van der Waals surface area (Å²) in [7, 11) is 1.58. The van der Waals surface area contributed by atoms with Crippen LogP contribution in [0.15, 0.2) is 24.3 Å². The van der Waals surface area contributed by atoms with E-state index in [2.05, 4.69) is 4.90 Å². The fourth-order valence-corrected chi connectivity index (χ4v) is 2.50. The van der Waals surface area contributed by atoms with Gasteiger partial charge in [-0.05, 0) is 12.1 Å². The van der Waals surface area contributed by atoms with Gasteiger partial charge >= 0.3 is 0 Å². The number of benzene rings is 1. The Labute approximate surface area is 124 Å². The Kier molecular flexibility index (Phi) is 4.92. The van der Waals surface area contributed by atoms with Gasteiger partial charge in [0.15, 0.2) is 0 Å². The van der Waals surface area contributed by atoms with E-state index in [1.165, 1.54) is 0 Å². The zero-order chi connectivity index (χ0) is 14.5. The average molecular weight is 293 g/mol. The number of ether oxygens (including phenoxy) is 1. The molecule has 0 atom stereocenters. The minimum Gasteiger partial charge on any atom is -0.496 e. The minimum atomic E-state index is 0.0115. The molecule has 0 bridgehead atoms. The number of hydrogen-bond donors (Lipinski definition) is 1. The van der Waals surface area contributed by atoms with E-state index in [9.17, 15) is 4.79 Å². The van der Waals surface area contributed by atoms with Gasteiger partial charge in [0.2, 0.25) is 0 Å². The molecule has 108 valence electrons. The molecule has 1 aromatic carbocycles. The summed E-state index contributed by atoms with van der Waals surface area (Å²) in [6, 6.07) is 7.30. The number of para-hydroxylation sites is 1. The van der Waals surface area contributed by atoms with Crippen LogP contribution in [0.3, 0.4) is 0 Å². The molecule has 0 radical (unpaired) electrons. The molecule has 1 aromatic rings. The lowest BCUT2D eigenvalue weighted by atomic mass is 10.1. The van der Waals surface area contributed by atoms with Crippen LogP contribution in [-0.2, 0) is 0 Å². The number of carbonyl (C=O) groups is 1. The monoisotopic (exact) mass is 293 g/mol. The number of rotatable bonds is 4. The number of nitrogens with two attached hydrogens (primary N) is 1. The molecule has 0 saturated carbocycles. The van der Waals surface area contributed by atoms with Gasteiger partial charge < -0.3 is 15.4 Å². The van der Waals surface area contributed by atoms with E-state index < -0.39 is 0 Å². The zero-order valence-corrected chi connectivity index (χ0v) is 12.4. The maximum atomic E-state index is 12.5. The zero-order valence-electron chi connectivity index (χ0n) is 11.5. The van der Waals surface area contributed by atoms with Crippen molar-refractivity contribution >= 4 is 23.1 Å². The summed E-state index contributed by atoms with van der Waals surface area (Å²) in [6.45, 7) is 3.56. The van der Waals surface area contributed by atoms with Crippen molar-refractivity contribution in [1.29, 1.82) is 0 Å². The number of thiocarbonyl (C=S) groups is 1. The third kappa shape index (κ3) is 3.46. The topological polar surface area (TPSA) is 58.8 Å². The normalized spacial score (nSPS) is 15.9. The highest BCUT2D eigenvalue weighted by molar-refractivity contribution is 7.80.